The van der Waals surface area contributed by atoms with Gasteiger partial charge in [-0.25, -0.2) is 14.6 Å². The molecule has 0 aromatic heterocycles. The lowest BCUT2D eigenvalue weighted by Gasteiger charge is -2.22. The predicted octanol–water partition coefficient (Wildman–Crippen LogP) is 5.26. The third kappa shape index (κ3) is 9.33. The van der Waals surface area contributed by atoms with E-state index >= 15 is 0 Å². The van der Waals surface area contributed by atoms with Crippen LogP contribution < -0.4 is 10.6 Å². The van der Waals surface area contributed by atoms with Crippen LogP contribution in [0.1, 0.15) is 47.1 Å². The van der Waals surface area contributed by atoms with Gasteiger partial charge in [-0.2, -0.15) is 0 Å². The van der Waals surface area contributed by atoms with Crippen molar-refractivity contribution in [2.45, 2.75) is 59.3 Å². The summed E-state index contributed by atoms with van der Waals surface area (Å²) < 4.78 is 10.5. The van der Waals surface area contributed by atoms with E-state index in [-0.39, 0.29) is 12.5 Å². The Morgan fingerprint density at radius 1 is 0.742 bits per heavy atom. The number of rotatable bonds is 3. The molecule has 0 unspecified atom stereocenters. The Balaban J connectivity index is 2.12. The summed E-state index contributed by atoms with van der Waals surface area (Å²) in [6.45, 7) is 10.7. The predicted molar refractivity (Wildman–Crippen MR) is 122 cm³/mol. The van der Waals surface area contributed by atoms with E-state index in [1.165, 1.54) is 0 Å². The van der Waals surface area contributed by atoms with Gasteiger partial charge >= 0.3 is 12.2 Å². The van der Waals surface area contributed by atoms with Crippen molar-refractivity contribution in [3.05, 3.63) is 60.2 Å². The summed E-state index contributed by atoms with van der Waals surface area (Å²) in [5.74, 6) is -0.0457. The van der Waals surface area contributed by atoms with Gasteiger partial charge in [-0.1, -0.05) is 54.6 Å². The first-order valence-corrected chi connectivity index (χ1v) is 10.1. The fraction of sp³-hybridized carbons (Fsp3) is 0.375. The van der Waals surface area contributed by atoms with E-state index in [1.807, 2.05) is 54.6 Å². The number of hydrogen-bond acceptors (Lipinski definition) is 5. The van der Waals surface area contributed by atoms with Gasteiger partial charge in [-0.15, -0.1) is 0 Å². The van der Waals surface area contributed by atoms with Gasteiger partial charge in [0.1, 0.15) is 11.2 Å². The van der Waals surface area contributed by atoms with Crippen molar-refractivity contribution in [3.63, 3.8) is 0 Å². The molecule has 31 heavy (non-hydrogen) atoms. The summed E-state index contributed by atoms with van der Waals surface area (Å²) in [4.78, 5) is 28.6. The molecule has 2 aromatic rings. The van der Waals surface area contributed by atoms with Crippen molar-refractivity contribution < 1.29 is 19.1 Å². The highest BCUT2D eigenvalue weighted by Crippen LogP contribution is 2.19. The van der Waals surface area contributed by atoms with E-state index < -0.39 is 23.4 Å². The zero-order valence-corrected chi connectivity index (χ0v) is 19.0. The molecule has 2 aromatic carbocycles. The highest BCUT2D eigenvalue weighted by atomic mass is 16.6. The number of carbonyl (C=O) groups is 2. The molecule has 166 valence electrons. The number of nitrogens with one attached hydrogen (secondary N) is 2. The minimum absolute atomic E-state index is 0.0457. The second-order valence-corrected chi connectivity index (χ2v) is 8.98. The zero-order valence-electron chi connectivity index (χ0n) is 19.0. The van der Waals surface area contributed by atoms with Crippen LogP contribution in [0.15, 0.2) is 59.6 Å². The third-order valence-corrected chi connectivity index (χ3v) is 3.72. The average Bonchev–Trinajstić information content (AvgIpc) is 2.64. The standard InChI is InChI=1S/C24H31N3O4/c1-23(2,3)30-21(28)26-20(27-22(29)31-24(4,5)6)25-16-17-12-14-19(15-13-17)18-10-8-7-9-11-18/h7-15H,16H2,1-6H3,(H2,25,26,27,28,29). The number of carbonyl (C=O) groups excluding carboxylic acids is 2. The summed E-state index contributed by atoms with van der Waals surface area (Å²) in [7, 11) is 0. The molecule has 0 radical (unpaired) electrons. The molecule has 0 heterocycles. The Bertz CT molecular complexity index is 877. The van der Waals surface area contributed by atoms with Gasteiger partial charge in [-0.05, 0) is 58.2 Å². The fourth-order valence-corrected chi connectivity index (χ4v) is 2.51. The Hall–Kier alpha value is -3.35. The van der Waals surface area contributed by atoms with Crippen LogP contribution >= 0.6 is 0 Å². The van der Waals surface area contributed by atoms with E-state index in [2.05, 4.69) is 15.6 Å². The van der Waals surface area contributed by atoms with Gasteiger partial charge in [0.05, 0.1) is 6.54 Å². The zero-order chi connectivity index (χ0) is 23.1. The lowest BCUT2D eigenvalue weighted by molar-refractivity contribution is 0.0545. The van der Waals surface area contributed by atoms with Crippen LogP contribution in [0.2, 0.25) is 0 Å². The number of amides is 2. The topological polar surface area (TPSA) is 89.0 Å². The highest BCUT2D eigenvalue weighted by molar-refractivity contribution is 6.01. The van der Waals surface area contributed by atoms with Gasteiger partial charge in [0.15, 0.2) is 0 Å². The smallest absolute Gasteiger partial charge is 0.414 e. The monoisotopic (exact) mass is 425 g/mol. The molecule has 7 nitrogen and oxygen atoms in total. The van der Waals surface area contributed by atoms with E-state index in [1.54, 1.807) is 41.5 Å². The summed E-state index contributed by atoms with van der Waals surface area (Å²) in [5, 5.41) is 4.95. The number of alkyl carbamates (subject to hydrolysis) is 2. The molecule has 2 N–H and O–H groups in total. The number of ether oxygens (including phenoxy) is 2. The molecule has 0 bridgehead atoms. The number of aliphatic imine (C=N–C) groups is 1. The van der Waals surface area contributed by atoms with Crippen LogP contribution in [0.3, 0.4) is 0 Å². The maximum Gasteiger partial charge on any atom is 0.414 e. The van der Waals surface area contributed by atoms with Crippen molar-refractivity contribution in [1.82, 2.24) is 10.6 Å². The quantitative estimate of drug-likeness (QED) is 0.519. The molecule has 0 fully saturated rings. The summed E-state index contributed by atoms with van der Waals surface area (Å²) in [6.07, 6.45) is -1.44. The number of benzene rings is 2. The summed E-state index contributed by atoms with van der Waals surface area (Å²) in [5.41, 5.74) is 1.75. The minimum Gasteiger partial charge on any atom is -0.444 e. The molecule has 2 rings (SSSR count). The van der Waals surface area contributed by atoms with Gasteiger partial charge in [-0.3, -0.25) is 10.6 Å². The highest BCUT2D eigenvalue weighted by Gasteiger charge is 2.21. The lowest BCUT2D eigenvalue weighted by Crippen LogP contribution is -2.47. The fourth-order valence-electron chi connectivity index (χ4n) is 2.51. The number of guanidine groups is 1. The maximum atomic E-state index is 12.1. The molecule has 2 amide bonds. The van der Waals surface area contributed by atoms with Gasteiger partial charge < -0.3 is 9.47 Å². The first-order valence-electron chi connectivity index (χ1n) is 10.1. The molecule has 0 saturated carbocycles. The van der Waals surface area contributed by atoms with Crippen molar-refractivity contribution in [3.8, 4) is 11.1 Å². The summed E-state index contributed by atoms with van der Waals surface area (Å²) in [6, 6.07) is 17.9. The van der Waals surface area contributed by atoms with E-state index in [9.17, 15) is 9.59 Å². The maximum absolute atomic E-state index is 12.1. The van der Waals surface area contributed by atoms with Gasteiger partial charge in [0.25, 0.3) is 0 Å². The molecule has 0 aliphatic heterocycles. The van der Waals surface area contributed by atoms with Crippen LogP contribution in [0.25, 0.3) is 11.1 Å². The normalized spacial score (nSPS) is 11.3. The Labute approximate surface area is 183 Å². The molecule has 7 heteroatoms. The Kier molecular flexibility index (Phi) is 7.80. The average molecular weight is 426 g/mol. The van der Waals surface area contributed by atoms with Crippen molar-refractivity contribution >= 4 is 18.1 Å². The SMILES string of the molecule is CC(C)(C)OC(=O)NC(=NCc1ccc(-c2ccccc2)cc1)NC(=O)OC(C)(C)C. The van der Waals surface area contributed by atoms with Crippen LogP contribution in [0.4, 0.5) is 9.59 Å². The second kappa shape index (κ2) is 10.1. The molecule has 0 aliphatic carbocycles. The molecule has 0 atom stereocenters. The molecule has 0 spiro atoms. The van der Waals surface area contributed by atoms with Crippen molar-refractivity contribution in [1.29, 1.82) is 0 Å². The first kappa shape index (κ1) is 23.9. The largest absolute Gasteiger partial charge is 0.444 e. The van der Waals surface area contributed by atoms with Gasteiger partial charge in [0.2, 0.25) is 5.96 Å². The summed E-state index contributed by atoms with van der Waals surface area (Å²) >= 11 is 0. The number of nitrogens with zero attached hydrogens (tertiary/aromatic N) is 1. The minimum atomic E-state index is -0.721. The molecular weight excluding hydrogens is 394 g/mol. The first-order chi connectivity index (χ1) is 14.4. The van der Waals surface area contributed by atoms with E-state index in [0.29, 0.717) is 0 Å². The third-order valence-electron chi connectivity index (χ3n) is 3.72. The van der Waals surface area contributed by atoms with E-state index in [0.717, 1.165) is 16.7 Å². The van der Waals surface area contributed by atoms with Crippen molar-refractivity contribution in [2.24, 2.45) is 4.99 Å². The van der Waals surface area contributed by atoms with Crippen molar-refractivity contribution in [2.75, 3.05) is 0 Å². The van der Waals surface area contributed by atoms with Crippen LogP contribution in [-0.2, 0) is 16.0 Å². The number of hydrogen-bond donors (Lipinski definition) is 2. The second-order valence-electron chi connectivity index (χ2n) is 8.98. The molecular formula is C24H31N3O4. The molecule has 0 saturated heterocycles. The van der Waals surface area contributed by atoms with E-state index in [4.69, 9.17) is 9.47 Å². The Morgan fingerprint density at radius 3 is 1.65 bits per heavy atom. The van der Waals surface area contributed by atoms with Crippen LogP contribution in [-0.4, -0.2) is 29.3 Å². The molecule has 0 aliphatic rings. The van der Waals surface area contributed by atoms with Crippen LogP contribution in [0.5, 0.6) is 0 Å². The van der Waals surface area contributed by atoms with Crippen LogP contribution in [0, 0.1) is 0 Å². The Morgan fingerprint density at radius 2 is 1.19 bits per heavy atom. The lowest BCUT2D eigenvalue weighted by atomic mass is 10.0. The van der Waals surface area contributed by atoms with Gasteiger partial charge in [0, 0.05) is 0 Å².